The quantitative estimate of drug-likeness (QED) is 0.347. The minimum absolute atomic E-state index is 0.123. The molecule has 0 aliphatic carbocycles. The molecule has 1 amide bonds. The predicted molar refractivity (Wildman–Crippen MR) is 136 cm³/mol. The Hall–Kier alpha value is -3.78. The number of fused-ring (bicyclic) bond motifs is 1. The van der Waals surface area contributed by atoms with Crippen molar-refractivity contribution in [3.63, 3.8) is 0 Å². The zero-order valence-electron chi connectivity index (χ0n) is 20.1. The molecule has 6 nitrogen and oxygen atoms in total. The lowest BCUT2D eigenvalue weighted by atomic mass is 10.0. The molecule has 2 aromatic heterocycles. The number of amides is 1. The van der Waals surface area contributed by atoms with Gasteiger partial charge >= 0.3 is 0 Å². The average molecular weight is 493 g/mol. The van der Waals surface area contributed by atoms with Crippen LogP contribution < -0.4 is 15.6 Å². The van der Waals surface area contributed by atoms with Gasteiger partial charge < -0.3 is 14.6 Å². The number of hydrogen-bond donors (Lipinski definition) is 1. The van der Waals surface area contributed by atoms with Crippen molar-refractivity contribution in [3.05, 3.63) is 80.3 Å². The molecule has 0 unspecified atom stereocenters. The summed E-state index contributed by atoms with van der Waals surface area (Å²) in [6.07, 6.45) is 1.68. The Morgan fingerprint density at radius 2 is 1.77 bits per heavy atom. The maximum Gasteiger partial charge on any atom is 0.261 e. The molecule has 0 fully saturated rings. The van der Waals surface area contributed by atoms with Crippen LogP contribution in [0.1, 0.15) is 45.0 Å². The second-order valence-corrected chi connectivity index (χ2v) is 9.46. The highest BCUT2D eigenvalue weighted by atomic mass is 32.1. The van der Waals surface area contributed by atoms with Crippen LogP contribution in [0.2, 0.25) is 0 Å². The number of Topliss-reactive ketones (excluding diaryl/α,β-unsaturated/α-hetero) is 1. The van der Waals surface area contributed by atoms with Gasteiger partial charge in [0.15, 0.2) is 5.78 Å². The van der Waals surface area contributed by atoms with E-state index in [-0.39, 0.29) is 23.1 Å². The summed E-state index contributed by atoms with van der Waals surface area (Å²) in [5.74, 6) is 0.227. The van der Waals surface area contributed by atoms with E-state index in [4.69, 9.17) is 4.74 Å². The fourth-order valence-electron chi connectivity index (χ4n) is 4.02. The highest BCUT2D eigenvalue weighted by Crippen LogP contribution is 2.41. The number of ether oxygens (including phenoxy) is 1. The van der Waals surface area contributed by atoms with Crippen molar-refractivity contribution in [2.24, 2.45) is 7.05 Å². The van der Waals surface area contributed by atoms with Gasteiger partial charge in [0.2, 0.25) is 0 Å². The molecule has 0 saturated heterocycles. The van der Waals surface area contributed by atoms with Gasteiger partial charge in [-0.05, 0) is 75.2 Å². The summed E-state index contributed by atoms with van der Waals surface area (Å²) in [6, 6.07) is 9.48. The van der Waals surface area contributed by atoms with E-state index in [1.165, 1.54) is 35.0 Å². The van der Waals surface area contributed by atoms with Gasteiger partial charge in [0, 0.05) is 36.5 Å². The summed E-state index contributed by atoms with van der Waals surface area (Å²) >= 11 is 1.21. The number of pyridine rings is 1. The first kappa shape index (κ1) is 24.3. The molecule has 1 N–H and O–H groups in total. The van der Waals surface area contributed by atoms with E-state index in [0.717, 1.165) is 0 Å². The number of carbonyl (C=O) groups excluding carboxylic acids is 2. The lowest BCUT2D eigenvalue weighted by Gasteiger charge is -2.17. The normalized spacial score (nSPS) is 11.0. The van der Waals surface area contributed by atoms with E-state index in [9.17, 15) is 18.8 Å². The summed E-state index contributed by atoms with van der Waals surface area (Å²) in [5.41, 5.74) is 2.74. The zero-order valence-corrected chi connectivity index (χ0v) is 20.9. The number of hydrogen-bond acceptors (Lipinski definition) is 5. The second kappa shape index (κ2) is 9.46. The van der Waals surface area contributed by atoms with Gasteiger partial charge in [-0.1, -0.05) is 0 Å². The fourth-order valence-corrected chi connectivity index (χ4v) is 5.11. The first-order valence-corrected chi connectivity index (χ1v) is 11.9. The first-order valence-electron chi connectivity index (χ1n) is 11.1. The minimum Gasteiger partial charge on any atom is -0.456 e. The SMILES string of the molecule is CCNC(=O)c1cc2c(=O)n(C)cc(-c3cc(C(C)=O)ccc3Oc3c(C)cc(F)cc3C)c2s1. The molecule has 35 heavy (non-hydrogen) atoms. The first-order chi connectivity index (χ1) is 16.6. The standard InChI is InChI=1S/C27H25FN2O4S/c1-6-29-26(32)23-12-20-25(35-23)21(13-30(5)27(20)33)19-11-17(16(4)31)7-8-22(19)34-24-14(2)9-18(28)10-15(24)3/h7-13H,6H2,1-5H3,(H,29,32). The molecule has 0 atom stereocenters. The van der Waals surface area contributed by atoms with Crippen molar-refractivity contribution in [3.8, 4) is 22.6 Å². The number of nitrogens with one attached hydrogen (secondary N) is 1. The number of ketones is 1. The van der Waals surface area contributed by atoms with Gasteiger partial charge in [-0.15, -0.1) is 11.3 Å². The largest absolute Gasteiger partial charge is 0.456 e. The van der Waals surface area contributed by atoms with Crippen LogP contribution in [-0.2, 0) is 7.05 Å². The Morgan fingerprint density at radius 1 is 1.09 bits per heavy atom. The maximum atomic E-state index is 13.9. The maximum absolute atomic E-state index is 13.9. The number of carbonyl (C=O) groups is 2. The Bertz CT molecular complexity index is 1530. The smallest absolute Gasteiger partial charge is 0.261 e. The summed E-state index contributed by atoms with van der Waals surface area (Å²) in [6.45, 7) is 7.29. The molecule has 0 saturated carbocycles. The van der Waals surface area contributed by atoms with Gasteiger partial charge in [-0.2, -0.15) is 0 Å². The minimum atomic E-state index is -0.351. The molecule has 8 heteroatoms. The summed E-state index contributed by atoms with van der Waals surface area (Å²) in [7, 11) is 1.64. The molecular weight excluding hydrogens is 467 g/mol. The third-order valence-electron chi connectivity index (χ3n) is 5.72. The van der Waals surface area contributed by atoms with Crippen LogP contribution in [0.25, 0.3) is 21.2 Å². The van der Waals surface area contributed by atoms with Crippen LogP contribution in [0, 0.1) is 19.7 Å². The third-order valence-corrected chi connectivity index (χ3v) is 6.89. The number of halogens is 1. The molecule has 0 aliphatic rings. The van der Waals surface area contributed by atoms with Gasteiger partial charge in [-0.25, -0.2) is 4.39 Å². The van der Waals surface area contributed by atoms with Crippen LogP contribution >= 0.6 is 11.3 Å². The van der Waals surface area contributed by atoms with Crippen molar-refractivity contribution in [1.82, 2.24) is 9.88 Å². The van der Waals surface area contributed by atoms with Gasteiger partial charge in [0.1, 0.15) is 17.3 Å². The number of nitrogens with zero attached hydrogens (tertiary/aromatic N) is 1. The zero-order chi connectivity index (χ0) is 25.4. The van der Waals surface area contributed by atoms with Crippen LogP contribution in [0.15, 0.2) is 47.4 Å². The molecule has 0 bridgehead atoms. The van der Waals surface area contributed by atoms with Gasteiger partial charge in [0.05, 0.1) is 15.0 Å². The van der Waals surface area contributed by atoms with Crippen LogP contribution in [0.5, 0.6) is 11.5 Å². The van der Waals surface area contributed by atoms with Crippen molar-refractivity contribution in [1.29, 1.82) is 0 Å². The van der Waals surface area contributed by atoms with E-state index in [1.807, 2.05) is 6.92 Å². The highest BCUT2D eigenvalue weighted by molar-refractivity contribution is 7.21. The predicted octanol–water partition coefficient (Wildman–Crippen LogP) is 5.77. The van der Waals surface area contributed by atoms with Crippen LogP contribution in [0.3, 0.4) is 0 Å². The Morgan fingerprint density at radius 3 is 2.40 bits per heavy atom. The number of benzene rings is 2. The van der Waals surface area contributed by atoms with Crippen LogP contribution in [0.4, 0.5) is 4.39 Å². The van der Waals surface area contributed by atoms with Gasteiger partial charge in [-0.3, -0.25) is 14.4 Å². The lowest BCUT2D eigenvalue weighted by Crippen LogP contribution is -2.21. The Kier molecular flexibility index (Phi) is 6.58. The fraction of sp³-hybridized carbons (Fsp3) is 0.222. The summed E-state index contributed by atoms with van der Waals surface area (Å²) in [5, 5.41) is 3.17. The number of aryl methyl sites for hydroxylation is 3. The summed E-state index contributed by atoms with van der Waals surface area (Å²) in [4.78, 5) is 38.0. The topological polar surface area (TPSA) is 77.4 Å². The number of thiophene rings is 1. The van der Waals surface area contributed by atoms with E-state index in [1.54, 1.807) is 51.4 Å². The molecular formula is C27H25FN2O4S. The third kappa shape index (κ3) is 4.61. The van der Waals surface area contributed by atoms with Gasteiger partial charge in [0.25, 0.3) is 11.5 Å². The van der Waals surface area contributed by atoms with Crippen molar-refractivity contribution in [2.45, 2.75) is 27.7 Å². The van der Waals surface area contributed by atoms with Crippen molar-refractivity contribution in [2.75, 3.05) is 6.54 Å². The Labute approximate surface area is 206 Å². The lowest BCUT2D eigenvalue weighted by molar-refractivity contribution is 0.0958. The van der Waals surface area contributed by atoms with E-state index < -0.39 is 0 Å². The molecule has 4 aromatic rings. The molecule has 0 spiro atoms. The highest BCUT2D eigenvalue weighted by Gasteiger charge is 2.21. The van der Waals surface area contributed by atoms with Crippen molar-refractivity contribution < 1.29 is 18.7 Å². The van der Waals surface area contributed by atoms with E-state index >= 15 is 0 Å². The van der Waals surface area contributed by atoms with Crippen LogP contribution in [-0.4, -0.2) is 22.8 Å². The van der Waals surface area contributed by atoms with E-state index in [2.05, 4.69) is 5.32 Å². The van der Waals surface area contributed by atoms with Crippen molar-refractivity contribution >= 4 is 33.1 Å². The summed E-state index contributed by atoms with van der Waals surface area (Å²) < 4.78 is 22.2. The van der Waals surface area contributed by atoms with E-state index in [0.29, 0.717) is 60.8 Å². The second-order valence-electron chi connectivity index (χ2n) is 8.41. The molecule has 0 aliphatic heterocycles. The molecule has 2 heterocycles. The molecule has 2 aromatic carbocycles. The Balaban J connectivity index is 1.98. The number of aromatic nitrogens is 1. The average Bonchev–Trinajstić information content (AvgIpc) is 3.25. The number of rotatable bonds is 6. The molecule has 0 radical (unpaired) electrons. The molecule has 180 valence electrons. The monoisotopic (exact) mass is 492 g/mol. The molecule has 4 rings (SSSR count).